The Hall–Kier alpha value is -2.10. The molecule has 2 aromatic rings. The van der Waals surface area contributed by atoms with Gasteiger partial charge in [-0.2, -0.15) is 0 Å². The number of piperidine rings is 1. The highest BCUT2D eigenvalue weighted by molar-refractivity contribution is 5.97. The second kappa shape index (κ2) is 5.12. The third-order valence-electron chi connectivity index (χ3n) is 4.00. The highest BCUT2D eigenvalue weighted by Crippen LogP contribution is 2.37. The summed E-state index contributed by atoms with van der Waals surface area (Å²) < 4.78 is 0. The summed E-state index contributed by atoms with van der Waals surface area (Å²) in [4.78, 5) is 13.5. The van der Waals surface area contributed by atoms with Gasteiger partial charge < -0.3 is 4.90 Å². The van der Waals surface area contributed by atoms with Crippen molar-refractivity contribution in [1.82, 2.24) is 0 Å². The van der Waals surface area contributed by atoms with Gasteiger partial charge in [0, 0.05) is 13.1 Å². The molecule has 0 saturated carbocycles. The maximum atomic E-state index is 11.5. The zero-order chi connectivity index (χ0) is 14.1. The lowest BCUT2D eigenvalue weighted by molar-refractivity contribution is -0.382. The fourth-order valence-corrected chi connectivity index (χ4v) is 3.00. The summed E-state index contributed by atoms with van der Waals surface area (Å²) in [6, 6.07) is 9.72. The number of benzene rings is 2. The van der Waals surface area contributed by atoms with Gasteiger partial charge in [-0.25, -0.2) is 0 Å². The third kappa shape index (κ3) is 2.22. The summed E-state index contributed by atoms with van der Waals surface area (Å²) >= 11 is 0. The normalized spacial score (nSPS) is 15.6. The largest absolute Gasteiger partial charge is 0.366 e. The van der Waals surface area contributed by atoms with Gasteiger partial charge in [0.15, 0.2) is 0 Å². The van der Waals surface area contributed by atoms with Gasteiger partial charge in [-0.15, -0.1) is 0 Å². The average Bonchev–Trinajstić information content (AvgIpc) is 2.46. The summed E-state index contributed by atoms with van der Waals surface area (Å²) in [6.45, 7) is 3.83. The van der Waals surface area contributed by atoms with Gasteiger partial charge in [-0.3, -0.25) is 10.1 Å². The van der Waals surface area contributed by atoms with Gasteiger partial charge in [0.05, 0.1) is 10.3 Å². The van der Waals surface area contributed by atoms with Crippen molar-refractivity contribution in [2.45, 2.75) is 26.2 Å². The highest BCUT2D eigenvalue weighted by Gasteiger charge is 2.23. The summed E-state index contributed by atoms with van der Waals surface area (Å²) in [5, 5.41) is 13.2. The first-order chi connectivity index (χ1) is 9.66. The Bertz CT molecular complexity index is 661. The Balaban J connectivity index is 2.18. The molecule has 0 radical (unpaired) electrons. The van der Waals surface area contributed by atoms with Gasteiger partial charge in [-0.05, 0) is 43.7 Å². The van der Waals surface area contributed by atoms with E-state index in [0.29, 0.717) is 0 Å². The van der Waals surface area contributed by atoms with Crippen LogP contribution in [0.5, 0.6) is 0 Å². The Kier molecular flexibility index (Phi) is 3.30. The number of nitro benzene ring substituents is 1. The molecule has 1 saturated heterocycles. The number of hydrogen-bond donors (Lipinski definition) is 0. The summed E-state index contributed by atoms with van der Waals surface area (Å²) in [7, 11) is 0. The molecule has 0 aromatic heterocycles. The topological polar surface area (TPSA) is 46.4 Å². The third-order valence-corrected chi connectivity index (χ3v) is 4.00. The number of aryl methyl sites for hydroxylation is 1. The molecule has 1 aliphatic heterocycles. The predicted octanol–water partition coefficient (Wildman–Crippen LogP) is 4.05. The first-order valence-electron chi connectivity index (χ1n) is 7.09. The van der Waals surface area contributed by atoms with Crippen molar-refractivity contribution in [2.75, 3.05) is 18.0 Å². The van der Waals surface area contributed by atoms with E-state index in [0.717, 1.165) is 48.0 Å². The van der Waals surface area contributed by atoms with Crippen LogP contribution in [0.3, 0.4) is 0 Å². The molecule has 2 aromatic carbocycles. The molecule has 4 heteroatoms. The molecule has 0 aliphatic carbocycles. The van der Waals surface area contributed by atoms with Gasteiger partial charge in [0.1, 0.15) is 5.69 Å². The maximum Gasteiger partial charge on any atom is 0.300 e. The van der Waals surface area contributed by atoms with Crippen LogP contribution < -0.4 is 4.90 Å². The first kappa shape index (κ1) is 12.9. The van der Waals surface area contributed by atoms with Crippen molar-refractivity contribution in [3.05, 3.63) is 46.0 Å². The van der Waals surface area contributed by atoms with Crippen LogP contribution in [0, 0.1) is 17.0 Å². The molecule has 104 valence electrons. The lowest BCUT2D eigenvalue weighted by atomic mass is 10.0. The van der Waals surface area contributed by atoms with E-state index >= 15 is 0 Å². The minimum absolute atomic E-state index is 0.235. The van der Waals surface area contributed by atoms with Crippen LogP contribution in [0.2, 0.25) is 0 Å². The Morgan fingerprint density at radius 1 is 1.10 bits per heavy atom. The van der Waals surface area contributed by atoms with Crippen LogP contribution in [0.1, 0.15) is 24.8 Å². The van der Waals surface area contributed by atoms with Gasteiger partial charge >= 0.3 is 0 Å². The Morgan fingerprint density at radius 3 is 2.55 bits per heavy atom. The molecule has 4 nitrogen and oxygen atoms in total. The number of fused-ring (bicyclic) bond motifs is 1. The molecular weight excluding hydrogens is 252 g/mol. The highest BCUT2D eigenvalue weighted by atomic mass is 16.6. The molecular formula is C16H18N2O2. The van der Waals surface area contributed by atoms with Gasteiger partial charge in [-0.1, -0.05) is 23.8 Å². The fraction of sp³-hybridized carbons (Fsp3) is 0.375. The molecule has 1 aliphatic rings. The van der Waals surface area contributed by atoms with E-state index in [4.69, 9.17) is 0 Å². The monoisotopic (exact) mass is 270 g/mol. The number of anilines is 1. The van der Waals surface area contributed by atoms with Crippen LogP contribution in [0.15, 0.2) is 30.3 Å². The van der Waals surface area contributed by atoms with E-state index in [-0.39, 0.29) is 10.6 Å². The fourth-order valence-electron chi connectivity index (χ4n) is 3.00. The minimum Gasteiger partial charge on any atom is -0.366 e. The second-order valence-electron chi connectivity index (χ2n) is 5.46. The van der Waals surface area contributed by atoms with Crippen LogP contribution in [-0.2, 0) is 0 Å². The number of rotatable bonds is 2. The van der Waals surface area contributed by atoms with Crippen molar-refractivity contribution < 1.29 is 4.92 Å². The van der Waals surface area contributed by atoms with Gasteiger partial charge in [0.25, 0.3) is 5.69 Å². The molecule has 20 heavy (non-hydrogen) atoms. The van der Waals surface area contributed by atoms with E-state index in [1.165, 1.54) is 6.42 Å². The maximum absolute atomic E-state index is 11.5. The minimum atomic E-state index is -0.235. The average molecular weight is 270 g/mol. The zero-order valence-electron chi connectivity index (χ0n) is 11.6. The molecule has 0 atom stereocenters. The first-order valence-corrected chi connectivity index (χ1v) is 7.09. The lowest BCUT2D eigenvalue weighted by Gasteiger charge is -2.28. The summed E-state index contributed by atoms with van der Waals surface area (Å²) in [5.41, 5.74) is 2.15. The second-order valence-corrected chi connectivity index (χ2v) is 5.46. The van der Waals surface area contributed by atoms with Crippen LogP contribution in [0.25, 0.3) is 10.8 Å². The molecule has 3 rings (SSSR count). The lowest BCUT2D eigenvalue weighted by Crippen LogP contribution is -2.29. The van der Waals surface area contributed by atoms with Crippen molar-refractivity contribution in [3.63, 3.8) is 0 Å². The van der Waals surface area contributed by atoms with E-state index in [2.05, 4.69) is 4.90 Å². The zero-order valence-corrected chi connectivity index (χ0v) is 11.6. The molecule has 0 spiro atoms. The van der Waals surface area contributed by atoms with E-state index in [1.54, 1.807) is 0 Å². The molecule has 1 heterocycles. The SMILES string of the molecule is Cc1ccc2c([N+](=O)[O-])c(N3CCCCC3)ccc2c1. The van der Waals surface area contributed by atoms with Crippen molar-refractivity contribution >= 4 is 22.1 Å². The Labute approximate surface area is 118 Å². The van der Waals surface area contributed by atoms with Crippen LogP contribution in [0.4, 0.5) is 11.4 Å². The van der Waals surface area contributed by atoms with E-state index in [1.807, 2.05) is 37.3 Å². The molecule has 0 unspecified atom stereocenters. The van der Waals surface area contributed by atoms with Crippen molar-refractivity contribution in [2.24, 2.45) is 0 Å². The molecule has 0 N–H and O–H groups in total. The van der Waals surface area contributed by atoms with Gasteiger partial charge in [0.2, 0.25) is 0 Å². The summed E-state index contributed by atoms with van der Waals surface area (Å²) in [6.07, 6.45) is 3.45. The number of hydrogen-bond acceptors (Lipinski definition) is 3. The number of nitrogens with zero attached hydrogens (tertiary/aromatic N) is 2. The van der Waals surface area contributed by atoms with E-state index in [9.17, 15) is 10.1 Å². The van der Waals surface area contributed by atoms with Crippen molar-refractivity contribution in [1.29, 1.82) is 0 Å². The van der Waals surface area contributed by atoms with E-state index < -0.39 is 0 Å². The molecule has 0 amide bonds. The molecule has 0 bridgehead atoms. The number of nitro groups is 1. The predicted molar refractivity (Wildman–Crippen MR) is 81.4 cm³/mol. The standard InChI is InChI=1S/C16H18N2O2/c1-12-5-7-14-13(11-12)6-8-15(16(14)18(19)20)17-9-3-2-4-10-17/h5-8,11H,2-4,9-10H2,1H3. The smallest absolute Gasteiger partial charge is 0.300 e. The quantitative estimate of drug-likeness (QED) is 0.611. The van der Waals surface area contributed by atoms with Crippen LogP contribution in [-0.4, -0.2) is 18.0 Å². The Morgan fingerprint density at radius 2 is 1.85 bits per heavy atom. The van der Waals surface area contributed by atoms with Crippen molar-refractivity contribution in [3.8, 4) is 0 Å². The molecule has 1 fully saturated rings. The summed E-state index contributed by atoms with van der Waals surface area (Å²) in [5.74, 6) is 0. The van der Waals surface area contributed by atoms with Crippen LogP contribution >= 0.6 is 0 Å².